The summed E-state index contributed by atoms with van der Waals surface area (Å²) in [7, 11) is 0. The highest BCUT2D eigenvalue weighted by atomic mass is 32.1. The van der Waals surface area contributed by atoms with Crippen LogP contribution >= 0.6 is 11.3 Å². The molecule has 162 valence electrons. The number of aromatic nitrogens is 3. The molecule has 0 saturated heterocycles. The van der Waals surface area contributed by atoms with Crippen LogP contribution in [0.15, 0.2) is 52.6 Å². The molecule has 0 aliphatic heterocycles. The number of carbonyl (C=O) groups is 2. The van der Waals surface area contributed by atoms with Crippen molar-refractivity contribution in [3.8, 4) is 11.3 Å². The summed E-state index contributed by atoms with van der Waals surface area (Å²) in [6, 6.07) is 8.27. The fraction of sp³-hybridized carbons (Fsp3) is 0.0952. The number of fused-ring (bicyclic) bond motifs is 1. The third-order valence-corrected chi connectivity index (χ3v) is 5.48. The number of rotatable bonds is 5. The van der Waals surface area contributed by atoms with Crippen LogP contribution in [-0.4, -0.2) is 31.7 Å². The topological polar surface area (TPSA) is 114 Å². The van der Waals surface area contributed by atoms with Crippen LogP contribution in [0.4, 0.5) is 13.9 Å². The molecule has 0 unspecified atom stereocenters. The molecule has 1 atom stereocenters. The number of nitrogens with one attached hydrogen (secondary N) is 1. The molecule has 2 N–H and O–H groups in total. The number of carboxylic acid groups (broad SMARTS) is 1. The molecule has 8 nitrogen and oxygen atoms in total. The van der Waals surface area contributed by atoms with Gasteiger partial charge in [-0.15, -0.1) is 11.3 Å². The predicted molar refractivity (Wildman–Crippen MR) is 114 cm³/mol. The van der Waals surface area contributed by atoms with E-state index >= 15 is 0 Å². The zero-order valence-corrected chi connectivity index (χ0v) is 17.2. The zero-order chi connectivity index (χ0) is 23.0. The second kappa shape index (κ2) is 8.27. The number of aromatic carboxylic acids is 1. The fourth-order valence-corrected chi connectivity index (χ4v) is 3.79. The number of hydrogen-bond donors (Lipinski definition) is 2. The summed E-state index contributed by atoms with van der Waals surface area (Å²) in [6.07, 6.45) is 0. The number of halogens is 2. The quantitative estimate of drug-likeness (QED) is 0.473. The van der Waals surface area contributed by atoms with Gasteiger partial charge in [-0.2, -0.15) is 5.10 Å². The van der Waals surface area contributed by atoms with Gasteiger partial charge in [-0.05, 0) is 31.2 Å². The van der Waals surface area contributed by atoms with Crippen LogP contribution in [0.1, 0.15) is 23.5 Å². The first-order valence-corrected chi connectivity index (χ1v) is 10.1. The summed E-state index contributed by atoms with van der Waals surface area (Å²) in [6.45, 7) is 1.40. The lowest BCUT2D eigenvalue weighted by atomic mass is 10.1. The van der Waals surface area contributed by atoms with Crippen molar-refractivity contribution in [2.45, 2.75) is 13.0 Å². The number of thiazole rings is 1. The maximum atomic E-state index is 13.5. The van der Waals surface area contributed by atoms with Crippen LogP contribution in [0.3, 0.4) is 0 Å². The molecule has 0 fully saturated rings. The summed E-state index contributed by atoms with van der Waals surface area (Å²) in [5.41, 5.74) is -0.317. The van der Waals surface area contributed by atoms with E-state index in [9.17, 15) is 28.3 Å². The van der Waals surface area contributed by atoms with E-state index in [4.69, 9.17) is 0 Å². The van der Waals surface area contributed by atoms with Gasteiger partial charge in [0.25, 0.3) is 11.5 Å². The molecule has 2 heterocycles. The highest BCUT2D eigenvalue weighted by Gasteiger charge is 2.23. The zero-order valence-electron chi connectivity index (χ0n) is 16.4. The van der Waals surface area contributed by atoms with Crippen LogP contribution in [0.25, 0.3) is 22.0 Å². The summed E-state index contributed by atoms with van der Waals surface area (Å²) in [5.74, 6) is -4.00. The van der Waals surface area contributed by atoms with Gasteiger partial charge in [0, 0.05) is 16.3 Å². The summed E-state index contributed by atoms with van der Waals surface area (Å²) >= 11 is 1.05. The predicted octanol–water partition coefficient (Wildman–Crippen LogP) is 3.70. The van der Waals surface area contributed by atoms with E-state index in [-0.39, 0.29) is 21.6 Å². The Labute approximate surface area is 182 Å². The highest BCUT2D eigenvalue weighted by molar-refractivity contribution is 7.14. The van der Waals surface area contributed by atoms with Crippen molar-refractivity contribution < 1.29 is 23.5 Å². The maximum absolute atomic E-state index is 13.5. The lowest BCUT2D eigenvalue weighted by molar-refractivity contribution is -0.119. The second-order valence-electron chi connectivity index (χ2n) is 6.78. The second-order valence-corrected chi connectivity index (χ2v) is 7.64. The minimum Gasteiger partial charge on any atom is -0.476 e. The number of hydrogen-bond acceptors (Lipinski definition) is 6. The molecule has 2 aromatic carbocycles. The van der Waals surface area contributed by atoms with E-state index in [0.29, 0.717) is 11.3 Å². The van der Waals surface area contributed by atoms with Gasteiger partial charge in [0.2, 0.25) is 0 Å². The number of benzene rings is 2. The van der Waals surface area contributed by atoms with Gasteiger partial charge in [0.15, 0.2) is 22.5 Å². The van der Waals surface area contributed by atoms with Gasteiger partial charge in [-0.25, -0.2) is 23.2 Å². The first kappa shape index (κ1) is 21.2. The molecule has 11 heteroatoms. The average Bonchev–Trinajstić information content (AvgIpc) is 3.24. The largest absolute Gasteiger partial charge is 0.476 e. The Morgan fingerprint density at radius 2 is 1.84 bits per heavy atom. The molecule has 4 rings (SSSR count). The molecule has 32 heavy (non-hydrogen) atoms. The van der Waals surface area contributed by atoms with Crippen molar-refractivity contribution in [1.82, 2.24) is 14.8 Å². The smallest absolute Gasteiger partial charge is 0.357 e. The number of nitrogens with zero attached hydrogens (tertiary/aromatic N) is 3. The molecular weight excluding hydrogens is 442 g/mol. The Bertz CT molecular complexity index is 1430. The van der Waals surface area contributed by atoms with Gasteiger partial charge in [-0.3, -0.25) is 9.59 Å². The third kappa shape index (κ3) is 3.85. The molecule has 0 radical (unpaired) electrons. The molecule has 0 bridgehead atoms. The van der Waals surface area contributed by atoms with Crippen molar-refractivity contribution >= 4 is 39.1 Å². The summed E-state index contributed by atoms with van der Waals surface area (Å²) < 4.78 is 27.4. The standard InChI is InChI=1S/C21H14F2N4O4S/c1-10(27-19(29)13-5-3-2-4-12(13)17(26-27)20(30)31)18(28)25-21-24-16(9-32-21)11-6-7-14(22)15(23)8-11/h2-10H,1H3,(H,30,31)(H,24,25,28)/t10-/m1/s1. The lowest BCUT2D eigenvalue weighted by Crippen LogP contribution is -2.34. The van der Waals surface area contributed by atoms with Gasteiger partial charge in [0.05, 0.1) is 11.1 Å². The SMILES string of the molecule is C[C@H](C(=O)Nc1nc(-c2ccc(F)c(F)c2)cs1)n1nc(C(=O)O)c2ccccc2c1=O. The first-order valence-electron chi connectivity index (χ1n) is 9.23. The Hall–Kier alpha value is -3.99. The van der Waals surface area contributed by atoms with Crippen LogP contribution < -0.4 is 10.9 Å². The van der Waals surface area contributed by atoms with Gasteiger partial charge in [0.1, 0.15) is 6.04 Å². The van der Waals surface area contributed by atoms with Crippen LogP contribution in [0.2, 0.25) is 0 Å². The van der Waals surface area contributed by atoms with E-state index in [1.54, 1.807) is 17.5 Å². The van der Waals surface area contributed by atoms with Crippen molar-refractivity contribution in [2.24, 2.45) is 0 Å². The number of anilines is 1. The molecule has 4 aromatic rings. The van der Waals surface area contributed by atoms with Crippen LogP contribution in [0, 0.1) is 11.6 Å². The molecule has 0 aliphatic carbocycles. The third-order valence-electron chi connectivity index (χ3n) is 4.73. The number of carboxylic acids is 1. The summed E-state index contributed by atoms with van der Waals surface area (Å²) in [5, 5.41) is 17.9. The van der Waals surface area contributed by atoms with Crippen molar-refractivity contribution in [3.63, 3.8) is 0 Å². The van der Waals surface area contributed by atoms with Crippen molar-refractivity contribution in [1.29, 1.82) is 0 Å². The summed E-state index contributed by atoms with van der Waals surface area (Å²) in [4.78, 5) is 41.3. The first-order chi connectivity index (χ1) is 15.3. The lowest BCUT2D eigenvalue weighted by Gasteiger charge is -2.15. The van der Waals surface area contributed by atoms with E-state index in [2.05, 4.69) is 15.4 Å². The normalized spacial score (nSPS) is 12.0. The molecular formula is C21H14F2N4O4S. The molecule has 0 saturated carbocycles. The van der Waals surface area contributed by atoms with Gasteiger partial charge < -0.3 is 10.4 Å². The molecule has 0 aliphatic rings. The Morgan fingerprint density at radius 3 is 2.53 bits per heavy atom. The van der Waals surface area contributed by atoms with E-state index < -0.39 is 35.1 Å². The van der Waals surface area contributed by atoms with E-state index in [0.717, 1.165) is 28.2 Å². The minimum atomic E-state index is -1.33. The highest BCUT2D eigenvalue weighted by Crippen LogP contribution is 2.26. The van der Waals surface area contributed by atoms with E-state index in [1.165, 1.54) is 25.1 Å². The van der Waals surface area contributed by atoms with E-state index in [1.807, 2.05) is 0 Å². The van der Waals surface area contributed by atoms with Gasteiger partial charge in [-0.1, -0.05) is 18.2 Å². The number of amides is 1. The molecule has 2 aromatic heterocycles. The Balaban J connectivity index is 1.62. The monoisotopic (exact) mass is 456 g/mol. The van der Waals surface area contributed by atoms with Crippen molar-refractivity contribution in [2.75, 3.05) is 5.32 Å². The van der Waals surface area contributed by atoms with Crippen molar-refractivity contribution in [3.05, 3.63) is 75.5 Å². The Kier molecular flexibility index (Phi) is 5.49. The minimum absolute atomic E-state index is 0.120. The van der Waals surface area contributed by atoms with Gasteiger partial charge >= 0.3 is 5.97 Å². The fourth-order valence-electron chi connectivity index (χ4n) is 3.07. The molecule has 1 amide bonds. The maximum Gasteiger partial charge on any atom is 0.357 e. The van der Waals surface area contributed by atoms with Crippen LogP contribution in [-0.2, 0) is 4.79 Å². The number of carbonyl (C=O) groups excluding carboxylic acids is 1. The van der Waals surface area contributed by atoms with Crippen LogP contribution in [0.5, 0.6) is 0 Å². The Morgan fingerprint density at radius 1 is 1.12 bits per heavy atom. The molecule has 0 spiro atoms. The average molecular weight is 456 g/mol.